The first-order valence-corrected chi connectivity index (χ1v) is 12.3. The van der Waals surface area contributed by atoms with Gasteiger partial charge < -0.3 is 10.2 Å². The van der Waals surface area contributed by atoms with Gasteiger partial charge in [-0.1, -0.05) is 30.3 Å². The van der Waals surface area contributed by atoms with E-state index in [1.165, 1.54) is 0 Å². The highest BCUT2D eigenvalue weighted by Crippen LogP contribution is 2.32. The Bertz CT molecular complexity index is 1460. The molecule has 0 atom stereocenters. The molecule has 1 aliphatic heterocycles. The summed E-state index contributed by atoms with van der Waals surface area (Å²) in [4.78, 5) is 24.3. The lowest BCUT2D eigenvalue weighted by Crippen LogP contribution is -2.36. The molecule has 1 aliphatic rings. The number of hydrogen-bond acceptors (Lipinski definition) is 9. The van der Waals surface area contributed by atoms with E-state index in [0.29, 0.717) is 46.8 Å². The Kier molecular flexibility index (Phi) is 7.22. The molecule has 10 nitrogen and oxygen atoms in total. The third kappa shape index (κ3) is 5.36. The molecule has 1 amide bonds. The second kappa shape index (κ2) is 10.9. The Labute approximate surface area is 214 Å². The van der Waals surface area contributed by atoms with E-state index < -0.39 is 0 Å². The van der Waals surface area contributed by atoms with Gasteiger partial charge in [-0.15, -0.1) is 10.3 Å². The predicted octanol–water partition coefficient (Wildman–Crippen LogP) is 4.03. The number of hydrogen-bond donors (Lipinski definition) is 3. The van der Waals surface area contributed by atoms with Crippen molar-refractivity contribution in [1.29, 1.82) is 0 Å². The van der Waals surface area contributed by atoms with Crippen LogP contribution in [0.2, 0.25) is 0 Å². The van der Waals surface area contributed by atoms with E-state index in [-0.39, 0.29) is 5.91 Å². The molecule has 4 aromatic rings. The minimum Gasteiger partial charge on any atom is -0.352 e. The van der Waals surface area contributed by atoms with Gasteiger partial charge in [-0.3, -0.25) is 15.2 Å². The summed E-state index contributed by atoms with van der Waals surface area (Å²) in [5, 5.41) is 29.4. The highest BCUT2D eigenvalue weighted by atomic mass is 16.5. The predicted molar refractivity (Wildman–Crippen MR) is 143 cm³/mol. The van der Waals surface area contributed by atoms with Gasteiger partial charge in [0.2, 0.25) is 0 Å². The van der Waals surface area contributed by atoms with Crippen LogP contribution in [-0.2, 0) is 0 Å². The van der Waals surface area contributed by atoms with Gasteiger partial charge >= 0.3 is 0 Å². The third-order valence-corrected chi connectivity index (χ3v) is 6.34. The van der Waals surface area contributed by atoms with Crippen LogP contribution in [-0.4, -0.2) is 63.7 Å². The maximum atomic E-state index is 12.9. The van der Waals surface area contributed by atoms with E-state index in [0.717, 1.165) is 47.2 Å². The lowest BCUT2D eigenvalue weighted by atomic mass is 10.1. The van der Waals surface area contributed by atoms with Crippen LogP contribution in [0.3, 0.4) is 0 Å². The Morgan fingerprint density at radius 2 is 1.54 bits per heavy atom. The molecular formula is C27H29N7O3. The number of rotatable bonds is 9. The zero-order valence-corrected chi connectivity index (χ0v) is 20.6. The van der Waals surface area contributed by atoms with Gasteiger partial charge in [0, 0.05) is 13.0 Å². The van der Waals surface area contributed by atoms with Gasteiger partial charge in [0.05, 0.1) is 27.8 Å². The molecule has 2 heterocycles. The lowest BCUT2D eigenvalue weighted by molar-refractivity contribution is 0.0953. The van der Waals surface area contributed by atoms with Crippen LogP contribution in [0.25, 0.3) is 22.1 Å². The zero-order chi connectivity index (χ0) is 25.8. The minimum atomic E-state index is -0.162. The molecule has 0 saturated heterocycles. The number of fused-ring (bicyclic) bond motifs is 3. The standard InChI is InChI=1S/C27H29N7O3/c1-32(17-7-15-25-31-34(37)24-14-5-4-13-23(24)33(25)36)18-8-16-28-27(35)19-9-6-12-22-26(19)30-21-11-3-2-10-20(21)29-22/h2-6,9-14,36-37H,7-8,15-18H2,1H3,(H,28,35). The second-order valence-corrected chi connectivity index (χ2v) is 9.01. The van der Waals surface area contributed by atoms with Gasteiger partial charge in [-0.05, 0) is 69.4 Å². The number of nitrogens with one attached hydrogen (secondary N) is 1. The number of hydroxylamine groups is 1. The first-order valence-electron chi connectivity index (χ1n) is 12.3. The smallest absolute Gasteiger partial charge is 0.253 e. The summed E-state index contributed by atoms with van der Waals surface area (Å²) in [6.07, 6.45) is 2.03. The maximum absolute atomic E-state index is 12.9. The molecular weight excluding hydrogens is 470 g/mol. The van der Waals surface area contributed by atoms with Crippen molar-refractivity contribution in [1.82, 2.24) is 20.2 Å². The highest BCUT2D eigenvalue weighted by Gasteiger charge is 2.23. The van der Waals surface area contributed by atoms with Crippen LogP contribution in [0.4, 0.5) is 11.4 Å². The van der Waals surface area contributed by atoms with Crippen molar-refractivity contribution in [2.45, 2.75) is 19.3 Å². The van der Waals surface area contributed by atoms with Crippen molar-refractivity contribution in [3.8, 4) is 0 Å². The molecule has 0 spiro atoms. The number of hydrazone groups is 1. The number of amidine groups is 1. The van der Waals surface area contributed by atoms with E-state index in [4.69, 9.17) is 0 Å². The highest BCUT2D eigenvalue weighted by molar-refractivity contribution is 6.06. The molecule has 3 aromatic carbocycles. The van der Waals surface area contributed by atoms with Crippen molar-refractivity contribution in [3.63, 3.8) is 0 Å². The van der Waals surface area contributed by atoms with Gasteiger partial charge in [0.1, 0.15) is 11.2 Å². The summed E-state index contributed by atoms with van der Waals surface area (Å²) in [5.41, 5.74) is 4.30. The van der Waals surface area contributed by atoms with Gasteiger partial charge in [0.25, 0.3) is 5.91 Å². The number of anilines is 2. The number of para-hydroxylation sites is 5. The summed E-state index contributed by atoms with van der Waals surface area (Å²) in [6.45, 7) is 2.11. The second-order valence-electron chi connectivity index (χ2n) is 9.01. The molecule has 10 heteroatoms. The zero-order valence-electron chi connectivity index (χ0n) is 20.6. The average Bonchev–Trinajstić information content (AvgIpc) is 2.92. The summed E-state index contributed by atoms with van der Waals surface area (Å²) < 4.78 is 0. The molecule has 3 N–H and O–H groups in total. The first kappa shape index (κ1) is 24.6. The monoisotopic (exact) mass is 499 g/mol. The Morgan fingerprint density at radius 3 is 2.35 bits per heavy atom. The van der Waals surface area contributed by atoms with E-state index in [1.54, 1.807) is 30.3 Å². The fourth-order valence-corrected chi connectivity index (χ4v) is 4.40. The molecule has 0 fully saturated rings. The SMILES string of the molecule is CN(CCCNC(=O)c1cccc2nc3ccccc3nc12)CCCC1=NN(O)c2ccccc2N1O. The summed E-state index contributed by atoms with van der Waals surface area (Å²) >= 11 is 0. The Morgan fingerprint density at radius 1 is 0.865 bits per heavy atom. The molecule has 0 unspecified atom stereocenters. The van der Waals surface area contributed by atoms with Crippen LogP contribution in [0.1, 0.15) is 29.6 Å². The number of aromatic nitrogens is 2. The number of amides is 1. The first-order chi connectivity index (χ1) is 18.0. The number of carbonyl (C=O) groups excluding carboxylic acids is 1. The Hall–Kier alpha value is -4.12. The van der Waals surface area contributed by atoms with Crippen LogP contribution in [0, 0.1) is 0 Å². The fourth-order valence-electron chi connectivity index (χ4n) is 4.40. The Balaban J connectivity index is 1.08. The summed E-state index contributed by atoms with van der Waals surface area (Å²) in [6, 6.07) is 20.1. The molecule has 0 aliphatic carbocycles. The molecule has 190 valence electrons. The van der Waals surface area contributed by atoms with Gasteiger partial charge in [-0.25, -0.2) is 15.0 Å². The molecule has 37 heavy (non-hydrogen) atoms. The van der Waals surface area contributed by atoms with E-state index >= 15 is 0 Å². The molecule has 5 rings (SSSR count). The average molecular weight is 500 g/mol. The van der Waals surface area contributed by atoms with Crippen molar-refractivity contribution >= 4 is 45.2 Å². The quantitative estimate of drug-likeness (QED) is 0.233. The minimum absolute atomic E-state index is 0.162. The van der Waals surface area contributed by atoms with Crippen LogP contribution in [0.15, 0.2) is 71.8 Å². The fraction of sp³-hybridized carbons (Fsp3) is 0.259. The molecule has 0 saturated carbocycles. The van der Waals surface area contributed by atoms with Crippen LogP contribution < -0.4 is 15.6 Å². The van der Waals surface area contributed by atoms with Crippen molar-refractivity contribution < 1.29 is 15.2 Å². The number of benzene rings is 3. The van der Waals surface area contributed by atoms with Crippen LogP contribution in [0.5, 0.6) is 0 Å². The number of nitrogens with zero attached hydrogens (tertiary/aromatic N) is 6. The van der Waals surface area contributed by atoms with E-state index in [1.807, 2.05) is 43.4 Å². The maximum Gasteiger partial charge on any atom is 0.253 e. The molecule has 0 bridgehead atoms. The van der Waals surface area contributed by atoms with Crippen molar-refractivity contribution in [2.24, 2.45) is 5.10 Å². The molecule has 1 aromatic heterocycles. The normalized spacial score (nSPS) is 13.2. The summed E-state index contributed by atoms with van der Waals surface area (Å²) in [7, 11) is 2.01. The lowest BCUT2D eigenvalue weighted by Gasteiger charge is -2.29. The third-order valence-electron chi connectivity index (χ3n) is 6.34. The largest absolute Gasteiger partial charge is 0.352 e. The molecule has 0 radical (unpaired) electrons. The van der Waals surface area contributed by atoms with E-state index in [2.05, 4.69) is 25.3 Å². The van der Waals surface area contributed by atoms with Gasteiger partial charge in [0.15, 0.2) is 5.84 Å². The van der Waals surface area contributed by atoms with Crippen molar-refractivity contribution in [2.75, 3.05) is 36.9 Å². The van der Waals surface area contributed by atoms with E-state index in [9.17, 15) is 15.2 Å². The van der Waals surface area contributed by atoms with Crippen LogP contribution >= 0.6 is 0 Å². The number of carbonyl (C=O) groups is 1. The topological polar surface area (TPSA) is 117 Å². The summed E-state index contributed by atoms with van der Waals surface area (Å²) in [5.74, 6) is 0.220. The van der Waals surface area contributed by atoms with Crippen molar-refractivity contribution in [3.05, 3.63) is 72.3 Å². The van der Waals surface area contributed by atoms with Gasteiger partial charge in [-0.2, -0.15) is 0 Å².